The average molecular weight is 552 g/mol. The lowest BCUT2D eigenvalue weighted by Crippen LogP contribution is -2.50. The summed E-state index contributed by atoms with van der Waals surface area (Å²) in [5.74, 6) is -1.30. The van der Waals surface area contributed by atoms with E-state index < -0.39 is 22.7 Å². The number of nitrogens with zero attached hydrogens (tertiary/aromatic N) is 4. The molecule has 0 aliphatic carbocycles. The summed E-state index contributed by atoms with van der Waals surface area (Å²) in [4.78, 5) is 33.4. The van der Waals surface area contributed by atoms with Crippen LogP contribution in [-0.2, 0) is 16.7 Å². The fourth-order valence-corrected chi connectivity index (χ4v) is 4.55. The topological polar surface area (TPSA) is 101 Å². The Morgan fingerprint density at radius 2 is 1.77 bits per heavy atom. The van der Waals surface area contributed by atoms with E-state index in [4.69, 9.17) is 9.26 Å². The van der Waals surface area contributed by atoms with Crippen LogP contribution in [0.5, 0.6) is 0 Å². The summed E-state index contributed by atoms with van der Waals surface area (Å²) in [6.45, 7) is 15.6. The molecule has 0 atom stereocenters. The summed E-state index contributed by atoms with van der Waals surface area (Å²) in [5.41, 5.74) is 3.44. The summed E-state index contributed by atoms with van der Waals surface area (Å²) in [6, 6.07) is 7.99. The van der Waals surface area contributed by atoms with Gasteiger partial charge in [0.15, 0.2) is 11.6 Å². The van der Waals surface area contributed by atoms with Gasteiger partial charge in [-0.2, -0.15) is 0 Å². The zero-order valence-corrected chi connectivity index (χ0v) is 24.3. The zero-order valence-electron chi connectivity index (χ0n) is 24.3. The van der Waals surface area contributed by atoms with E-state index >= 15 is 0 Å². The molecule has 0 unspecified atom stereocenters. The van der Waals surface area contributed by atoms with Crippen LogP contribution in [0.4, 0.5) is 14.9 Å². The van der Waals surface area contributed by atoms with Crippen molar-refractivity contribution in [1.29, 1.82) is 0 Å². The van der Waals surface area contributed by atoms with Gasteiger partial charge < -0.3 is 24.4 Å². The van der Waals surface area contributed by atoms with Gasteiger partial charge in [-0.15, -0.1) is 0 Å². The second-order valence-electron chi connectivity index (χ2n) is 12.1. The zero-order chi connectivity index (χ0) is 29.2. The van der Waals surface area contributed by atoms with Crippen LogP contribution in [0.15, 0.2) is 41.2 Å². The molecule has 2 amide bonds. The average Bonchev–Trinajstić information content (AvgIpc) is 3.29. The number of ether oxygens (including phenoxy) is 1. The van der Waals surface area contributed by atoms with Crippen LogP contribution in [0.2, 0.25) is 0 Å². The number of carbonyl (C=O) groups is 2. The molecule has 9 nitrogen and oxygen atoms in total. The van der Waals surface area contributed by atoms with Crippen LogP contribution in [0.3, 0.4) is 0 Å². The molecule has 1 aromatic carbocycles. The molecule has 1 N–H and O–H groups in total. The summed E-state index contributed by atoms with van der Waals surface area (Å²) in [5, 5.41) is 6.40. The fourth-order valence-electron chi connectivity index (χ4n) is 4.55. The van der Waals surface area contributed by atoms with Gasteiger partial charge in [0.25, 0.3) is 5.91 Å². The first-order valence-corrected chi connectivity index (χ1v) is 13.5. The van der Waals surface area contributed by atoms with E-state index in [1.165, 1.54) is 0 Å². The lowest BCUT2D eigenvalue weighted by molar-refractivity contribution is 0.0240. The van der Waals surface area contributed by atoms with E-state index in [2.05, 4.69) is 26.4 Å². The predicted molar refractivity (Wildman–Crippen MR) is 151 cm³/mol. The van der Waals surface area contributed by atoms with Gasteiger partial charge in [-0.05, 0) is 50.5 Å². The Hall–Kier alpha value is -3.95. The number of hydrogen-bond acceptors (Lipinski definition) is 7. The number of hydrogen-bond donors (Lipinski definition) is 1. The molecule has 1 aliphatic heterocycles. The maximum Gasteiger partial charge on any atom is 0.410 e. The molecule has 40 heavy (non-hydrogen) atoms. The Bertz CT molecular complexity index is 1380. The van der Waals surface area contributed by atoms with Gasteiger partial charge in [-0.1, -0.05) is 44.1 Å². The van der Waals surface area contributed by atoms with Crippen molar-refractivity contribution in [2.75, 3.05) is 31.1 Å². The number of halogens is 1. The Morgan fingerprint density at radius 3 is 2.38 bits per heavy atom. The largest absolute Gasteiger partial charge is 0.444 e. The van der Waals surface area contributed by atoms with Crippen molar-refractivity contribution in [2.24, 2.45) is 0 Å². The molecule has 2 aromatic heterocycles. The molecule has 0 spiro atoms. The van der Waals surface area contributed by atoms with Gasteiger partial charge in [0.2, 0.25) is 5.69 Å². The van der Waals surface area contributed by atoms with Crippen LogP contribution >= 0.6 is 0 Å². The number of nitrogens with one attached hydrogen (secondary N) is 1. The maximum absolute atomic E-state index is 14.7. The summed E-state index contributed by atoms with van der Waals surface area (Å²) in [7, 11) is 0. The lowest BCUT2D eigenvalue weighted by Gasteiger charge is -2.37. The van der Waals surface area contributed by atoms with Gasteiger partial charge >= 0.3 is 6.09 Å². The van der Waals surface area contributed by atoms with E-state index in [0.717, 1.165) is 27.9 Å². The monoisotopic (exact) mass is 551 g/mol. The lowest BCUT2D eigenvalue weighted by atomic mass is 9.92. The number of benzene rings is 1. The molecular formula is C30H38FN5O4. The molecule has 214 valence electrons. The van der Waals surface area contributed by atoms with E-state index in [9.17, 15) is 14.0 Å². The van der Waals surface area contributed by atoms with Gasteiger partial charge in [0.1, 0.15) is 5.60 Å². The highest BCUT2D eigenvalue weighted by Crippen LogP contribution is 2.32. The Balaban J connectivity index is 1.44. The fraction of sp³-hybridized carbons (Fsp3) is 0.467. The SMILES string of the molecule is Cc1cc(-c2ccncc2N2CCN(C(=O)OC(C)(C)C)CC2)ccc1CNC(=O)c1noc(C(C)(C)C)c1F. The van der Waals surface area contributed by atoms with Crippen molar-refractivity contribution in [2.45, 2.75) is 66.0 Å². The molecule has 0 bridgehead atoms. The minimum absolute atomic E-state index is 0.0533. The number of pyridine rings is 1. The normalized spacial score (nSPS) is 14.3. The number of anilines is 1. The van der Waals surface area contributed by atoms with Gasteiger partial charge in [0, 0.05) is 49.9 Å². The van der Waals surface area contributed by atoms with Gasteiger partial charge in [0.05, 0.1) is 11.9 Å². The number of carbonyl (C=O) groups excluding carboxylic acids is 2. The first kappa shape index (κ1) is 29.0. The molecule has 3 heterocycles. The molecule has 0 saturated carbocycles. The Labute approximate surface area is 234 Å². The minimum atomic E-state index is -0.728. The van der Waals surface area contributed by atoms with Crippen molar-refractivity contribution in [1.82, 2.24) is 20.4 Å². The van der Waals surface area contributed by atoms with Crippen LogP contribution in [-0.4, -0.2) is 58.8 Å². The van der Waals surface area contributed by atoms with E-state index in [1.807, 2.05) is 52.1 Å². The Morgan fingerprint density at radius 1 is 1.07 bits per heavy atom. The summed E-state index contributed by atoms with van der Waals surface area (Å²) in [6.07, 6.45) is 3.32. The van der Waals surface area contributed by atoms with Gasteiger partial charge in [-0.25, -0.2) is 9.18 Å². The molecule has 4 rings (SSSR count). The third-order valence-corrected chi connectivity index (χ3v) is 6.70. The van der Waals surface area contributed by atoms with Crippen LogP contribution in [0, 0.1) is 12.7 Å². The van der Waals surface area contributed by atoms with Crippen molar-refractivity contribution < 1.29 is 23.2 Å². The second-order valence-corrected chi connectivity index (χ2v) is 12.1. The summed E-state index contributed by atoms with van der Waals surface area (Å²) < 4.78 is 25.3. The highest BCUT2D eigenvalue weighted by atomic mass is 19.1. The van der Waals surface area contributed by atoms with E-state index in [-0.39, 0.29) is 24.1 Å². The number of aryl methyl sites for hydroxylation is 1. The van der Waals surface area contributed by atoms with Crippen LogP contribution < -0.4 is 10.2 Å². The Kier molecular flexibility index (Phi) is 8.18. The summed E-state index contributed by atoms with van der Waals surface area (Å²) >= 11 is 0. The predicted octanol–water partition coefficient (Wildman–Crippen LogP) is 5.47. The highest BCUT2D eigenvalue weighted by Gasteiger charge is 2.30. The molecule has 3 aromatic rings. The standard InChI is InChI=1S/C30H38FN5O4/c1-19-16-20(8-9-21(19)17-33-27(37)25-24(31)26(40-34-25)29(2,3)4)22-10-11-32-18-23(22)35-12-14-36(15-13-35)28(38)39-30(5,6)7/h8-11,16,18H,12-15,17H2,1-7H3,(H,33,37). The number of rotatable bonds is 5. The van der Waals surface area contributed by atoms with Crippen LogP contribution in [0.25, 0.3) is 11.1 Å². The van der Waals surface area contributed by atoms with Crippen molar-refractivity contribution in [3.05, 3.63) is 65.1 Å². The van der Waals surface area contributed by atoms with E-state index in [0.29, 0.717) is 26.2 Å². The third kappa shape index (κ3) is 6.60. The van der Waals surface area contributed by atoms with Crippen molar-refractivity contribution >= 4 is 17.7 Å². The first-order chi connectivity index (χ1) is 18.7. The first-order valence-electron chi connectivity index (χ1n) is 13.5. The van der Waals surface area contributed by atoms with Crippen molar-refractivity contribution in [3.63, 3.8) is 0 Å². The van der Waals surface area contributed by atoms with Gasteiger partial charge in [-0.3, -0.25) is 9.78 Å². The quantitative estimate of drug-likeness (QED) is 0.449. The molecule has 1 saturated heterocycles. The van der Waals surface area contributed by atoms with E-state index in [1.54, 1.807) is 31.9 Å². The minimum Gasteiger partial charge on any atom is -0.444 e. The number of aromatic nitrogens is 2. The molecular weight excluding hydrogens is 513 g/mol. The molecule has 1 aliphatic rings. The smallest absolute Gasteiger partial charge is 0.410 e. The highest BCUT2D eigenvalue weighted by molar-refractivity contribution is 5.92. The number of amides is 2. The number of piperazine rings is 1. The third-order valence-electron chi connectivity index (χ3n) is 6.70. The maximum atomic E-state index is 14.7. The molecule has 0 radical (unpaired) electrons. The second kappa shape index (κ2) is 11.3. The van der Waals surface area contributed by atoms with Crippen molar-refractivity contribution in [3.8, 4) is 11.1 Å². The van der Waals surface area contributed by atoms with Crippen LogP contribution in [0.1, 0.15) is 68.9 Å². The molecule has 1 fully saturated rings. The molecule has 10 heteroatoms.